The van der Waals surface area contributed by atoms with E-state index in [0.29, 0.717) is 13.1 Å². The number of nitrogens with zero attached hydrogens (tertiary/aromatic N) is 2. The van der Waals surface area contributed by atoms with Gasteiger partial charge in [-0.1, -0.05) is 18.2 Å². The van der Waals surface area contributed by atoms with Crippen LogP contribution in [0.1, 0.15) is 37.7 Å². The van der Waals surface area contributed by atoms with E-state index >= 15 is 0 Å². The van der Waals surface area contributed by atoms with Gasteiger partial charge >= 0.3 is 0 Å². The van der Waals surface area contributed by atoms with Crippen molar-refractivity contribution in [1.29, 1.82) is 0 Å². The molecule has 2 amide bonds. The van der Waals surface area contributed by atoms with Crippen molar-refractivity contribution in [2.24, 2.45) is 0 Å². The van der Waals surface area contributed by atoms with E-state index in [2.05, 4.69) is 28.1 Å². The van der Waals surface area contributed by atoms with Crippen molar-refractivity contribution in [3.63, 3.8) is 0 Å². The van der Waals surface area contributed by atoms with Crippen LogP contribution in [-0.4, -0.2) is 40.4 Å². The molecule has 5 nitrogen and oxygen atoms in total. The summed E-state index contributed by atoms with van der Waals surface area (Å²) in [7, 11) is 0. The fraction of sp³-hybridized carbons (Fsp3) is 0.364. The van der Waals surface area contributed by atoms with Crippen LogP contribution in [-0.2, 0) is 9.59 Å². The normalized spacial score (nSPS) is 12.2. The van der Waals surface area contributed by atoms with E-state index in [0.717, 1.165) is 22.6 Å². The molecule has 1 aromatic carbocycles. The van der Waals surface area contributed by atoms with Gasteiger partial charge < -0.3 is 14.8 Å². The first-order valence-electron chi connectivity index (χ1n) is 9.40. The molecule has 0 radical (unpaired) electrons. The second-order valence-corrected chi connectivity index (χ2v) is 6.57. The van der Waals surface area contributed by atoms with Crippen molar-refractivity contribution in [3.8, 4) is 5.69 Å². The summed E-state index contributed by atoms with van der Waals surface area (Å²) in [5, 5.41) is 2.75. The zero-order chi connectivity index (χ0) is 20.0. The first-order valence-corrected chi connectivity index (χ1v) is 9.40. The molecule has 0 aliphatic rings. The molecule has 0 spiro atoms. The highest BCUT2D eigenvalue weighted by molar-refractivity contribution is 5.95. The Bertz CT molecular complexity index is 818. The van der Waals surface area contributed by atoms with Gasteiger partial charge in [-0.3, -0.25) is 9.59 Å². The summed E-state index contributed by atoms with van der Waals surface area (Å²) in [5.74, 6) is -0.337. The third-order valence-corrected chi connectivity index (χ3v) is 4.70. The number of carbonyl (C=O) groups excluding carboxylic acids is 2. The lowest BCUT2D eigenvalue weighted by Crippen LogP contribution is -2.46. The second kappa shape index (κ2) is 9.21. The van der Waals surface area contributed by atoms with E-state index < -0.39 is 6.04 Å². The standard InChI is InChI=1S/C22H29N3O2/c1-6-24(7-2)22(27)17(4)23-21(26)14-13-19-15-16(3)25(18(19)5)20-11-9-8-10-12-20/h8-15,17H,6-7H2,1-5H3,(H,23,26). The fourth-order valence-electron chi connectivity index (χ4n) is 3.23. The van der Waals surface area contributed by atoms with E-state index in [4.69, 9.17) is 0 Å². The van der Waals surface area contributed by atoms with E-state index in [1.54, 1.807) is 17.9 Å². The minimum Gasteiger partial charge on any atom is -0.341 e. The Morgan fingerprint density at radius 3 is 2.37 bits per heavy atom. The van der Waals surface area contributed by atoms with E-state index in [1.165, 1.54) is 6.08 Å². The lowest BCUT2D eigenvalue weighted by molar-refractivity contribution is -0.134. The molecular weight excluding hydrogens is 338 g/mol. The lowest BCUT2D eigenvalue weighted by atomic mass is 10.2. The molecule has 2 rings (SSSR count). The van der Waals surface area contributed by atoms with Crippen LogP contribution in [0.4, 0.5) is 0 Å². The largest absolute Gasteiger partial charge is 0.341 e. The van der Waals surface area contributed by atoms with Gasteiger partial charge in [-0.25, -0.2) is 0 Å². The molecule has 1 heterocycles. The zero-order valence-electron chi connectivity index (χ0n) is 16.8. The SMILES string of the molecule is CCN(CC)C(=O)C(C)NC(=O)C=Cc1cc(C)n(-c2ccccc2)c1C. The monoisotopic (exact) mass is 367 g/mol. The summed E-state index contributed by atoms with van der Waals surface area (Å²) in [6.45, 7) is 10.9. The van der Waals surface area contributed by atoms with Crippen molar-refractivity contribution in [3.05, 3.63) is 59.4 Å². The summed E-state index contributed by atoms with van der Waals surface area (Å²) in [4.78, 5) is 26.2. The van der Waals surface area contributed by atoms with Gasteiger partial charge in [-0.05, 0) is 64.5 Å². The smallest absolute Gasteiger partial charge is 0.244 e. The minimum absolute atomic E-state index is 0.0657. The van der Waals surface area contributed by atoms with Crippen LogP contribution in [0.3, 0.4) is 0 Å². The number of amides is 2. The van der Waals surface area contributed by atoms with Crippen molar-refractivity contribution >= 4 is 17.9 Å². The van der Waals surface area contributed by atoms with Gasteiger partial charge in [-0.15, -0.1) is 0 Å². The van der Waals surface area contributed by atoms with Crippen LogP contribution in [0.25, 0.3) is 11.8 Å². The molecule has 0 aliphatic heterocycles. The molecule has 2 aromatic rings. The summed E-state index contributed by atoms with van der Waals surface area (Å²) < 4.78 is 2.16. The predicted molar refractivity (Wildman–Crippen MR) is 110 cm³/mol. The number of nitrogens with one attached hydrogen (secondary N) is 1. The molecule has 5 heteroatoms. The van der Waals surface area contributed by atoms with Crippen molar-refractivity contribution < 1.29 is 9.59 Å². The number of likely N-dealkylation sites (N-methyl/N-ethyl adjacent to an activating group) is 1. The van der Waals surface area contributed by atoms with Gasteiger partial charge in [-0.2, -0.15) is 0 Å². The predicted octanol–water partition coefficient (Wildman–Crippen LogP) is 3.48. The molecule has 0 bridgehead atoms. The Morgan fingerprint density at radius 1 is 1.15 bits per heavy atom. The van der Waals surface area contributed by atoms with Gasteiger partial charge in [0.2, 0.25) is 11.8 Å². The first-order chi connectivity index (χ1) is 12.9. The third kappa shape index (κ3) is 4.88. The maximum absolute atomic E-state index is 12.3. The molecule has 1 aromatic heterocycles. The highest BCUT2D eigenvalue weighted by atomic mass is 16.2. The number of benzene rings is 1. The van der Waals surface area contributed by atoms with E-state index in [1.807, 2.05) is 45.9 Å². The minimum atomic E-state index is -0.543. The maximum Gasteiger partial charge on any atom is 0.244 e. The van der Waals surface area contributed by atoms with Crippen LogP contribution < -0.4 is 5.32 Å². The Morgan fingerprint density at radius 2 is 1.78 bits per heavy atom. The maximum atomic E-state index is 12.3. The molecule has 1 atom stereocenters. The Balaban J connectivity index is 2.10. The van der Waals surface area contributed by atoms with Crippen molar-refractivity contribution in [2.45, 2.75) is 40.7 Å². The topological polar surface area (TPSA) is 54.3 Å². The van der Waals surface area contributed by atoms with Crippen molar-refractivity contribution in [2.75, 3.05) is 13.1 Å². The van der Waals surface area contributed by atoms with Crippen LogP contribution in [0.15, 0.2) is 42.5 Å². The average molecular weight is 367 g/mol. The van der Waals surface area contributed by atoms with Gasteiger partial charge in [0.05, 0.1) is 0 Å². The zero-order valence-corrected chi connectivity index (χ0v) is 16.8. The van der Waals surface area contributed by atoms with Crippen LogP contribution in [0.2, 0.25) is 0 Å². The molecular formula is C22H29N3O2. The second-order valence-electron chi connectivity index (χ2n) is 6.57. The van der Waals surface area contributed by atoms with Gasteiger partial charge in [0.1, 0.15) is 6.04 Å². The van der Waals surface area contributed by atoms with Gasteiger partial charge in [0, 0.05) is 36.2 Å². The highest BCUT2D eigenvalue weighted by Gasteiger charge is 2.19. The highest BCUT2D eigenvalue weighted by Crippen LogP contribution is 2.21. The number of hydrogen-bond acceptors (Lipinski definition) is 2. The van der Waals surface area contributed by atoms with Crippen molar-refractivity contribution in [1.82, 2.24) is 14.8 Å². The number of aromatic nitrogens is 1. The van der Waals surface area contributed by atoms with Gasteiger partial charge in [0.15, 0.2) is 0 Å². The number of rotatable bonds is 7. The number of carbonyl (C=O) groups is 2. The van der Waals surface area contributed by atoms with E-state index in [-0.39, 0.29) is 11.8 Å². The average Bonchev–Trinajstić information content (AvgIpc) is 2.95. The number of para-hydroxylation sites is 1. The summed E-state index contributed by atoms with van der Waals surface area (Å²) in [5.41, 5.74) is 4.24. The van der Waals surface area contributed by atoms with Crippen LogP contribution >= 0.6 is 0 Å². The molecule has 27 heavy (non-hydrogen) atoms. The van der Waals surface area contributed by atoms with E-state index in [9.17, 15) is 9.59 Å². The molecule has 0 saturated heterocycles. The molecule has 1 unspecified atom stereocenters. The Labute approximate surface area is 161 Å². The first kappa shape index (κ1) is 20.5. The molecule has 0 fully saturated rings. The van der Waals surface area contributed by atoms with Gasteiger partial charge in [0.25, 0.3) is 0 Å². The summed E-state index contributed by atoms with van der Waals surface area (Å²) >= 11 is 0. The lowest BCUT2D eigenvalue weighted by Gasteiger charge is -2.23. The molecule has 1 N–H and O–H groups in total. The molecule has 144 valence electrons. The summed E-state index contributed by atoms with van der Waals surface area (Å²) in [6, 6.07) is 11.6. The molecule has 0 aliphatic carbocycles. The van der Waals surface area contributed by atoms with Crippen LogP contribution in [0, 0.1) is 13.8 Å². The number of aryl methyl sites for hydroxylation is 1. The quantitative estimate of drug-likeness (QED) is 0.762. The summed E-state index contributed by atoms with van der Waals surface area (Å²) in [6.07, 6.45) is 3.29. The van der Waals surface area contributed by atoms with Crippen LogP contribution in [0.5, 0.6) is 0 Å². The number of hydrogen-bond donors (Lipinski definition) is 1. The Hall–Kier alpha value is -2.82. The third-order valence-electron chi connectivity index (χ3n) is 4.70. The fourth-order valence-corrected chi connectivity index (χ4v) is 3.23. The molecule has 0 saturated carbocycles. The Kier molecular flexibility index (Phi) is 6.99.